The van der Waals surface area contributed by atoms with Gasteiger partial charge < -0.3 is 4.74 Å². The lowest BCUT2D eigenvalue weighted by molar-refractivity contribution is 0.220. The molecule has 1 aromatic rings. The Kier molecular flexibility index (Phi) is 3.35. The molecule has 104 valence electrons. The van der Waals surface area contributed by atoms with Gasteiger partial charge in [0.1, 0.15) is 5.75 Å². The third-order valence-electron chi connectivity index (χ3n) is 3.77. The van der Waals surface area contributed by atoms with Gasteiger partial charge in [-0.25, -0.2) is 8.42 Å². The minimum atomic E-state index is -3.16. The summed E-state index contributed by atoms with van der Waals surface area (Å²) >= 11 is 3.44. The van der Waals surface area contributed by atoms with Crippen LogP contribution in [-0.2, 0) is 10.0 Å². The van der Waals surface area contributed by atoms with Gasteiger partial charge in [0.25, 0.3) is 0 Å². The summed E-state index contributed by atoms with van der Waals surface area (Å²) in [5.41, 5.74) is 0.951. The highest BCUT2D eigenvalue weighted by Crippen LogP contribution is 2.41. The molecule has 1 fully saturated rings. The molecule has 1 aliphatic heterocycles. The summed E-state index contributed by atoms with van der Waals surface area (Å²) in [5.74, 6) is 0.789. The molecule has 1 atom stereocenters. The van der Waals surface area contributed by atoms with Crippen LogP contribution >= 0.6 is 15.9 Å². The highest BCUT2D eigenvalue weighted by Gasteiger charge is 2.42. The van der Waals surface area contributed by atoms with Crippen LogP contribution in [0.2, 0.25) is 0 Å². The van der Waals surface area contributed by atoms with Crippen molar-refractivity contribution in [2.75, 3.05) is 13.7 Å². The molecule has 6 heteroatoms. The van der Waals surface area contributed by atoms with Crippen molar-refractivity contribution in [1.82, 2.24) is 4.31 Å². The van der Waals surface area contributed by atoms with Crippen LogP contribution in [0.1, 0.15) is 30.9 Å². The van der Waals surface area contributed by atoms with E-state index in [0.717, 1.165) is 28.6 Å². The molecule has 19 heavy (non-hydrogen) atoms. The van der Waals surface area contributed by atoms with E-state index in [9.17, 15) is 8.42 Å². The van der Waals surface area contributed by atoms with E-state index in [1.54, 1.807) is 11.4 Å². The van der Waals surface area contributed by atoms with Gasteiger partial charge >= 0.3 is 0 Å². The van der Waals surface area contributed by atoms with Gasteiger partial charge in [0.15, 0.2) is 0 Å². The molecule has 0 N–H and O–H groups in total. The third kappa shape index (κ3) is 2.41. The Morgan fingerprint density at radius 1 is 1.32 bits per heavy atom. The zero-order valence-corrected chi connectivity index (χ0v) is 13.1. The first kappa shape index (κ1) is 13.4. The van der Waals surface area contributed by atoms with Crippen molar-refractivity contribution >= 4 is 26.0 Å². The summed E-state index contributed by atoms with van der Waals surface area (Å²) in [7, 11) is -1.47. The van der Waals surface area contributed by atoms with Gasteiger partial charge in [-0.15, -0.1) is 0 Å². The van der Waals surface area contributed by atoms with Gasteiger partial charge in [-0.2, -0.15) is 4.31 Å². The fraction of sp³-hybridized carbons (Fsp3) is 0.538. The maximum atomic E-state index is 12.4. The Morgan fingerprint density at radius 3 is 2.74 bits per heavy atom. The van der Waals surface area contributed by atoms with Crippen molar-refractivity contribution < 1.29 is 13.2 Å². The fourth-order valence-electron chi connectivity index (χ4n) is 2.50. The fourth-order valence-corrected chi connectivity index (χ4v) is 4.66. The number of sulfonamides is 1. The first-order chi connectivity index (χ1) is 9.00. The monoisotopic (exact) mass is 345 g/mol. The van der Waals surface area contributed by atoms with Crippen molar-refractivity contribution in [2.24, 2.45) is 0 Å². The highest BCUT2D eigenvalue weighted by atomic mass is 79.9. The molecule has 0 aromatic heterocycles. The number of rotatable bonds is 3. The molecule has 4 nitrogen and oxygen atoms in total. The van der Waals surface area contributed by atoms with Crippen molar-refractivity contribution in [2.45, 2.75) is 30.6 Å². The average Bonchev–Trinajstić information content (AvgIpc) is 3.21. The van der Waals surface area contributed by atoms with E-state index in [1.165, 1.54) is 0 Å². The van der Waals surface area contributed by atoms with Gasteiger partial charge in [-0.1, -0.05) is 15.9 Å². The topological polar surface area (TPSA) is 46.6 Å². The molecule has 3 rings (SSSR count). The predicted molar refractivity (Wildman–Crippen MR) is 76.7 cm³/mol. The summed E-state index contributed by atoms with van der Waals surface area (Å²) < 4.78 is 32.8. The zero-order chi connectivity index (χ0) is 13.6. The van der Waals surface area contributed by atoms with Gasteiger partial charge in [-0.3, -0.25) is 0 Å². The van der Waals surface area contributed by atoms with E-state index in [4.69, 9.17) is 4.74 Å². The lowest BCUT2D eigenvalue weighted by Gasteiger charge is -2.32. The Morgan fingerprint density at radius 2 is 2.05 bits per heavy atom. The van der Waals surface area contributed by atoms with Crippen molar-refractivity contribution in [3.05, 3.63) is 28.2 Å². The summed E-state index contributed by atoms with van der Waals surface area (Å²) in [6, 6.07) is 5.64. The van der Waals surface area contributed by atoms with Gasteiger partial charge in [0.05, 0.1) is 17.9 Å². The number of fused-ring (bicyclic) bond motifs is 1. The molecule has 0 bridgehead atoms. The summed E-state index contributed by atoms with van der Waals surface area (Å²) in [6.07, 6.45) is 2.29. The Balaban J connectivity index is 1.97. The van der Waals surface area contributed by atoms with E-state index in [1.807, 2.05) is 18.2 Å². The van der Waals surface area contributed by atoms with Crippen LogP contribution in [0.4, 0.5) is 0 Å². The Bertz CT molecular complexity index is 598. The Labute approximate surface area is 121 Å². The summed E-state index contributed by atoms with van der Waals surface area (Å²) in [5, 5.41) is -0.170. The van der Waals surface area contributed by atoms with Gasteiger partial charge in [0, 0.05) is 23.5 Å². The molecule has 2 aliphatic rings. The minimum absolute atomic E-state index is 0.119. The molecular weight excluding hydrogens is 330 g/mol. The minimum Gasteiger partial charge on any atom is -0.493 e. The number of benzene rings is 1. The van der Waals surface area contributed by atoms with E-state index in [2.05, 4.69) is 15.9 Å². The SMILES string of the molecule is CN([C@@H]1CCOc2ccc(Br)cc21)S(=O)(=O)C1CC1. The molecule has 1 aliphatic carbocycles. The molecular formula is C13H16BrNO3S. The second-order valence-electron chi connectivity index (χ2n) is 5.10. The second kappa shape index (κ2) is 4.75. The van der Waals surface area contributed by atoms with Gasteiger partial charge in [-0.05, 0) is 31.0 Å². The van der Waals surface area contributed by atoms with Crippen molar-refractivity contribution in [1.29, 1.82) is 0 Å². The van der Waals surface area contributed by atoms with Crippen LogP contribution < -0.4 is 4.74 Å². The summed E-state index contributed by atoms with van der Waals surface area (Å²) in [4.78, 5) is 0. The van der Waals surface area contributed by atoms with Gasteiger partial charge in [0.2, 0.25) is 10.0 Å². The molecule has 0 spiro atoms. The third-order valence-corrected chi connectivity index (χ3v) is 6.63. The number of nitrogens with zero attached hydrogens (tertiary/aromatic N) is 1. The largest absolute Gasteiger partial charge is 0.493 e. The number of ether oxygens (including phenoxy) is 1. The lowest BCUT2D eigenvalue weighted by atomic mass is 10.0. The standard InChI is InChI=1S/C13H16BrNO3S/c1-15(19(16,17)10-3-4-10)12-6-7-18-13-5-2-9(14)8-11(12)13/h2,5,8,10,12H,3-4,6-7H2,1H3/t12-/m1/s1. The predicted octanol–water partition coefficient (Wildman–Crippen LogP) is 2.70. The van der Waals surface area contributed by atoms with Crippen LogP contribution in [0.15, 0.2) is 22.7 Å². The molecule has 1 saturated carbocycles. The van der Waals surface area contributed by atoms with E-state index >= 15 is 0 Å². The maximum absolute atomic E-state index is 12.4. The molecule has 0 amide bonds. The average molecular weight is 346 g/mol. The van der Waals surface area contributed by atoms with Crippen LogP contribution in [0, 0.1) is 0 Å². The molecule has 0 saturated heterocycles. The maximum Gasteiger partial charge on any atom is 0.217 e. The smallest absolute Gasteiger partial charge is 0.217 e. The van der Waals surface area contributed by atoms with Crippen LogP contribution in [0.5, 0.6) is 5.75 Å². The first-order valence-corrected chi connectivity index (χ1v) is 8.69. The lowest BCUT2D eigenvalue weighted by Crippen LogP contribution is -2.36. The zero-order valence-electron chi connectivity index (χ0n) is 10.7. The van der Waals surface area contributed by atoms with E-state index < -0.39 is 10.0 Å². The number of hydrogen-bond acceptors (Lipinski definition) is 3. The first-order valence-electron chi connectivity index (χ1n) is 6.39. The van der Waals surface area contributed by atoms with E-state index in [0.29, 0.717) is 13.0 Å². The van der Waals surface area contributed by atoms with Crippen LogP contribution in [0.25, 0.3) is 0 Å². The Hall–Kier alpha value is -0.590. The highest BCUT2D eigenvalue weighted by molar-refractivity contribution is 9.10. The number of hydrogen-bond donors (Lipinski definition) is 0. The molecule has 1 heterocycles. The van der Waals surface area contributed by atoms with Crippen molar-refractivity contribution in [3.63, 3.8) is 0 Å². The number of halogens is 1. The van der Waals surface area contributed by atoms with E-state index in [-0.39, 0.29) is 11.3 Å². The van der Waals surface area contributed by atoms with Crippen LogP contribution in [0.3, 0.4) is 0 Å². The molecule has 0 radical (unpaired) electrons. The molecule has 0 unspecified atom stereocenters. The molecule has 1 aromatic carbocycles. The quantitative estimate of drug-likeness (QED) is 0.846. The second-order valence-corrected chi connectivity index (χ2v) is 8.28. The van der Waals surface area contributed by atoms with Crippen LogP contribution in [-0.4, -0.2) is 31.6 Å². The normalized spacial score (nSPS) is 23.0. The van der Waals surface area contributed by atoms with Crippen molar-refractivity contribution in [3.8, 4) is 5.75 Å². The summed E-state index contributed by atoms with van der Waals surface area (Å²) in [6.45, 7) is 0.559.